The summed E-state index contributed by atoms with van der Waals surface area (Å²) >= 11 is 2.79. The van der Waals surface area contributed by atoms with Crippen LogP contribution in [0, 0.1) is 6.92 Å². The summed E-state index contributed by atoms with van der Waals surface area (Å²) in [5.74, 6) is -0.0800. The molecule has 4 rings (SSSR count). The van der Waals surface area contributed by atoms with Gasteiger partial charge in [0.05, 0.1) is 16.5 Å². The lowest BCUT2D eigenvalue weighted by atomic mass is 10.1. The molecular weight excluding hydrogens is 358 g/mol. The first-order valence-electron chi connectivity index (χ1n) is 7.63. The van der Waals surface area contributed by atoms with Crippen molar-refractivity contribution in [3.05, 3.63) is 56.7 Å². The maximum Gasteiger partial charge on any atom is 0.261 e. The van der Waals surface area contributed by atoms with Crippen LogP contribution in [0.1, 0.15) is 25.6 Å². The van der Waals surface area contributed by atoms with Crippen LogP contribution in [0.4, 0.5) is 0 Å². The number of carbonyl (C=O) groups is 2. The number of aromatic nitrogens is 2. The summed E-state index contributed by atoms with van der Waals surface area (Å²) in [7, 11) is 0. The number of fused-ring (bicyclic) bond motifs is 2. The highest BCUT2D eigenvalue weighted by molar-refractivity contribution is 7.99. The second-order valence-corrected chi connectivity index (χ2v) is 7.92. The third-order valence-corrected chi connectivity index (χ3v) is 5.73. The van der Waals surface area contributed by atoms with E-state index in [1.807, 2.05) is 13.0 Å². The van der Waals surface area contributed by atoms with E-state index in [9.17, 15) is 14.4 Å². The van der Waals surface area contributed by atoms with Crippen LogP contribution in [0.3, 0.4) is 0 Å². The van der Waals surface area contributed by atoms with E-state index in [2.05, 4.69) is 9.97 Å². The summed E-state index contributed by atoms with van der Waals surface area (Å²) in [5, 5.41) is 1.09. The zero-order valence-corrected chi connectivity index (χ0v) is 14.9. The molecule has 0 unspecified atom stereocenters. The molecule has 0 saturated heterocycles. The number of aromatic amines is 1. The second kappa shape index (κ2) is 6.12. The number of thioether (sulfide) groups is 1. The van der Waals surface area contributed by atoms with Crippen LogP contribution in [0.5, 0.6) is 0 Å². The lowest BCUT2D eigenvalue weighted by molar-refractivity contribution is 0.0664. The van der Waals surface area contributed by atoms with Gasteiger partial charge in [-0.15, -0.1) is 11.3 Å². The van der Waals surface area contributed by atoms with Gasteiger partial charge in [0.15, 0.2) is 5.16 Å². The predicted octanol–water partition coefficient (Wildman–Crippen LogP) is 2.68. The van der Waals surface area contributed by atoms with Crippen LogP contribution in [0.15, 0.2) is 40.3 Å². The van der Waals surface area contributed by atoms with Gasteiger partial charge in [0, 0.05) is 17.2 Å². The molecule has 0 radical (unpaired) electrons. The summed E-state index contributed by atoms with van der Waals surface area (Å²) in [4.78, 5) is 46.8. The maximum absolute atomic E-state index is 12.3. The van der Waals surface area contributed by atoms with Gasteiger partial charge in [0.25, 0.3) is 17.4 Å². The van der Waals surface area contributed by atoms with Crippen LogP contribution in [0.2, 0.25) is 0 Å². The minimum absolute atomic E-state index is 0.169. The molecule has 1 aliphatic heterocycles. The molecule has 3 heterocycles. The number of amides is 2. The monoisotopic (exact) mass is 371 g/mol. The summed E-state index contributed by atoms with van der Waals surface area (Å²) in [6, 6.07) is 8.63. The molecule has 0 saturated carbocycles. The van der Waals surface area contributed by atoms with Gasteiger partial charge in [-0.1, -0.05) is 23.9 Å². The fourth-order valence-electron chi connectivity index (χ4n) is 2.78. The summed E-state index contributed by atoms with van der Waals surface area (Å²) < 4.78 is 0. The zero-order valence-electron chi connectivity index (χ0n) is 13.2. The van der Waals surface area contributed by atoms with E-state index in [0.717, 1.165) is 4.88 Å². The Kier molecular flexibility index (Phi) is 3.93. The first-order chi connectivity index (χ1) is 12.0. The molecule has 126 valence electrons. The van der Waals surface area contributed by atoms with Crippen molar-refractivity contribution in [3.8, 4) is 0 Å². The molecule has 8 heteroatoms. The Morgan fingerprint density at radius 3 is 2.52 bits per heavy atom. The van der Waals surface area contributed by atoms with Crippen molar-refractivity contribution in [1.29, 1.82) is 0 Å². The van der Waals surface area contributed by atoms with Crippen molar-refractivity contribution < 1.29 is 9.59 Å². The highest BCUT2D eigenvalue weighted by Crippen LogP contribution is 2.25. The van der Waals surface area contributed by atoms with E-state index in [1.165, 1.54) is 28.0 Å². The Balaban J connectivity index is 1.48. The van der Waals surface area contributed by atoms with E-state index < -0.39 is 0 Å². The molecule has 2 amide bonds. The molecule has 25 heavy (non-hydrogen) atoms. The van der Waals surface area contributed by atoms with Gasteiger partial charge in [-0.3, -0.25) is 19.3 Å². The SMILES string of the molecule is Cc1cc2c(=O)[nH]c(SCCN3C(=O)c4ccccc4C3=O)nc2s1. The van der Waals surface area contributed by atoms with Crippen molar-refractivity contribution in [2.45, 2.75) is 12.1 Å². The zero-order chi connectivity index (χ0) is 17.6. The second-order valence-electron chi connectivity index (χ2n) is 5.60. The standard InChI is InChI=1S/C17H13N3O3S2/c1-9-8-12-13(21)18-17(19-14(12)25-9)24-7-6-20-15(22)10-4-2-3-5-11(10)16(20)23/h2-5,8H,6-7H2,1H3,(H,18,19,21). The number of nitrogens with one attached hydrogen (secondary N) is 1. The molecule has 0 fully saturated rings. The van der Waals surface area contributed by atoms with E-state index in [0.29, 0.717) is 32.3 Å². The van der Waals surface area contributed by atoms with Gasteiger partial charge in [-0.25, -0.2) is 4.98 Å². The number of imide groups is 1. The van der Waals surface area contributed by atoms with E-state index in [4.69, 9.17) is 0 Å². The quantitative estimate of drug-likeness (QED) is 0.433. The number of aryl methyl sites for hydroxylation is 1. The third kappa shape index (κ3) is 2.77. The van der Waals surface area contributed by atoms with Crippen LogP contribution in [0.25, 0.3) is 10.2 Å². The topological polar surface area (TPSA) is 83.1 Å². The fourth-order valence-corrected chi connectivity index (χ4v) is 4.50. The number of thiophene rings is 1. The Labute approximate surface area is 150 Å². The summed E-state index contributed by atoms with van der Waals surface area (Å²) in [6.45, 7) is 2.20. The molecule has 3 aromatic rings. The summed E-state index contributed by atoms with van der Waals surface area (Å²) in [6.07, 6.45) is 0. The van der Waals surface area contributed by atoms with Gasteiger partial charge in [-0.05, 0) is 25.1 Å². The molecule has 0 spiro atoms. The molecule has 6 nitrogen and oxygen atoms in total. The van der Waals surface area contributed by atoms with Crippen LogP contribution in [-0.2, 0) is 0 Å². The smallest absolute Gasteiger partial charge is 0.261 e. The average molecular weight is 371 g/mol. The van der Waals surface area contributed by atoms with Crippen molar-refractivity contribution >= 4 is 45.1 Å². The maximum atomic E-state index is 12.3. The lowest BCUT2D eigenvalue weighted by Gasteiger charge is -2.12. The normalized spacial score (nSPS) is 13.7. The number of hydrogen-bond donors (Lipinski definition) is 1. The largest absolute Gasteiger partial charge is 0.301 e. The van der Waals surface area contributed by atoms with Crippen molar-refractivity contribution in [1.82, 2.24) is 14.9 Å². The van der Waals surface area contributed by atoms with Gasteiger partial charge < -0.3 is 4.98 Å². The molecule has 2 aromatic heterocycles. The van der Waals surface area contributed by atoms with Gasteiger partial charge in [-0.2, -0.15) is 0 Å². The molecular formula is C17H13N3O3S2. The minimum Gasteiger partial charge on any atom is -0.301 e. The van der Waals surface area contributed by atoms with Crippen molar-refractivity contribution in [3.63, 3.8) is 0 Å². The number of carbonyl (C=O) groups excluding carboxylic acids is 2. The Bertz CT molecular complexity index is 1040. The number of rotatable bonds is 4. The van der Waals surface area contributed by atoms with Crippen molar-refractivity contribution in [2.75, 3.05) is 12.3 Å². The molecule has 1 aliphatic rings. The predicted molar refractivity (Wildman–Crippen MR) is 97.5 cm³/mol. The number of H-pyrrole nitrogens is 1. The van der Waals surface area contributed by atoms with E-state index in [-0.39, 0.29) is 23.9 Å². The Morgan fingerprint density at radius 2 is 1.84 bits per heavy atom. The van der Waals surface area contributed by atoms with E-state index in [1.54, 1.807) is 24.3 Å². The summed E-state index contributed by atoms with van der Waals surface area (Å²) in [5.41, 5.74) is 0.719. The van der Waals surface area contributed by atoms with Crippen LogP contribution in [-0.4, -0.2) is 39.0 Å². The number of nitrogens with zero attached hydrogens (tertiary/aromatic N) is 2. The first kappa shape index (κ1) is 16.0. The van der Waals surface area contributed by atoms with Gasteiger partial charge >= 0.3 is 0 Å². The van der Waals surface area contributed by atoms with Crippen LogP contribution < -0.4 is 5.56 Å². The van der Waals surface area contributed by atoms with E-state index >= 15 is 0 Å². The molecule has 0 atom stereocenters. The fraction of sp³-hybridized carbons (Fsp3) is 0.176. The Hall–Kier alpha value is -2.45. The minimum atomic E-state index is -0.271. The van der Waals surface area contributed by atoms with Gasteiger partial charge in [0.2, 0.25) is 0 Å². The third-order valence-electron chi connectivity index (χ3n) is 3.94. The molecule has 1 N–H and O–H groups in total. The lowest BCUT2D eigenvalue weighted by Crippen LogP contribution is -2.31. The number of benzene rings is 1. The average Bonchev–Trinajstić information content (AvgIpc) is 3.08. The van der Waals surface area contributed by atoms with Crippen LogP contribution >= 0.6 is 23.1 Å². The van der Waals surface area contributed by atoms with Crippen molar-refractivity contribution in [2.24, 2.45) is 0 Å². The highest BCUT2D eigenvalue weighted by Gasteiger charge is 2.34. The van der Waals surface area contributed by atoms with Gasteiger partial charge in [0.1, 0.15) is 4.83 Å². The molecule has 0 bridgehead atoms. The molecule has 1 aromatic carbocycles. The highest BCUT2D eigenvalue weighted by atomic mass is 32.2. The molecule has 0 aliphatic carbocycles. The Morgan fingerprint density at radius 1 is 1.16 bits per heavy atom. The number of hydrogen-bond acceptors (Lipinski definition) is 6. The first-order valence-corrected chi connectivity index (χ1v) is 9.43.